The quantitative estimate of drug-likeness (QED) is 0.122. The van der Waals surface area contributed by atoms with Crippen molar-refractivity contribution in [3.8, 4) is 11.5 Å². The lowest BCUT2D eigenvalue weighted by Gasteiger charge is -2.07. The number of nitrogens with zero attached hydrogens (tertiary/aromatic N) is 4. The van der Waals surface area contributed by atoms with Crippen LogP contribution in [0.1, 0.15) is 5.56 Å². The van der Waals surface area contributed by atoms with Gasteiger partial charge in [-0.15, -0.1) is 10.2 Å². The molecular weight excluding hydrogens is 518 g/mol. The summed E-state index contributed by atoms with van der Waals surface area (Å²) < 4.78 is 7.87. The van der Waals surface area contributed by atoms with Crippen LogP contribution in [0.15, 0.2) is 93.6 Å². The van der Waals surface area contributed by atoms with E-state index in [1.165, 1.54) is 4.68 Å². The van der Waals surface area contributed by atoms with E-state index in [0.717, 1.165) is 27.5 Å². The van der Waals surface area contributed by atoms with Crippen molar-refractivity contribution in [3.05, 3.63) is 88.9 Å². The average Bonchev–Trinajstić information content (AvgIpc) is 3.19. The Balaban J connectivity index is 1.31. The van der Waals surface area contributed by atoms with Crippen LogP contribution >= 0.6 is 27.7 Å². The number of para-hydroxylation sites is 2. The largest absolute Gasteiger partial charge is 0.457 e. The second kappa shape index (κ2) is 11.3. The Kier molecular flexibility index (Phi) is 7.79. The third-order valence-corrected chi connectivity index (χ3v) is 5.99. The van der Waals surface area contributed by atoms with Gasteiger partial charge in [-0.25, -0.2) is 10.1 Å². The van der Waals surface area contributed by atoms with Crippen molar-refractivity contribution in [2.45, 2.75) is 5.16 Å². The van der Waals surface area contributed by atoms with Gasteiger partial charge in [0.05, 0.1) is 17.7 Å². The van der Waals surface area contributed by atoms with Crippen LogP contribution in [0.2, 0.25) is 0 Å². The van der Waals surface area contributed by atoms with E-state index in [-0.39, 0.29) is 17.6 Å². The molecule has 0 aliphatic heterocycles. The fraction of sp³-hybridized carbons (Fsp3) is 0.0435. The molecule has 0 bridgehead atoms. The molecule has 0 radical (unpaired) electrons. The summed E-state index contributed by atoms with van der Waals surface area (Å²) >= 11 is 4.56. The summed E-state index contributed by atoms with van der Waals surface area (Å²) in [7, 11) is 0. The number of carbonyl (C=O) groups excluding carboxylic acids is 1. The zero-order chi connectivity index (χ0) is 23.8. The number of aromatic nitrogens is 3. The standard InChI is InChI=1S/C23H20BrN7O2S/c24-19-11-4-5-12-20(19)27-21(32)15-34-23-30-29-22(31(23)25)28-26-14-16-7-6-10-18(13-16)33-17-8-2-1-3-9-17/h1-14H,15,25H2,(H,27,32)(H,28,29)/b26-14+. The molecule has 9 nitrogen and oxygen atoms in total. The molecule has 172 valence electrons. The Morgan fingerprint density at radius 2 is 1.82 bits per heavy atom. The first-order valence-electron chi connectivity index (χ1n) is 10.1. The molecule has 0 atom stereocenters. The SMILES string of the molecule is Nn1c(N/N=C/c2cccc(Oc3ccccc3)c2)nnc1SCC(=O)Nc1ccccc1Br. The van der Waals surface area contributed by atoms with E-state index in [2.05, 4.69) is 42.0 Å². The van der Waals surface area contributed by atoms with E-state index < -0.39 is 0 Å². The van der Waals surface area contributed by atoms with Crippen molar-refractivity contribution in [3.63, 3.8) is 0 Å². The minimum atomic E-state index is -0.190. The molecule has 4 aromatic rings. The number of thioether (sulfide) groups is 1. The maximum atomic E-state index is 12.2. The summed E-state index contributed by atoms with van der Waals surface area (Å²) in [5.74, 6) is 7.64. The van der Waals surface area contributed by atoms with Gasteiger partial charge in [0.15, 0.2) is 0 Å². The highest BCUT2D eigenvalue weighted by molar-refractivity contribution is 9.10. The van der Waals surface area contributed by atoms with Crippen LogP contribution in [0.5, 0.6) is 11.5 Å². The lowest BCUT2D eigenvalue weighted by molar-refractivity contribution is -0.113. The highest BCUT2D eigenvalue weighted by Crippen LogP contribution is 2.23. The molecule has 0 saturated carbocycles. The van der Waals surface area contributed by atoms with Crippen molar-refractivity contribution < 1.29 is 9.53 Å². The van der Waals surface area contributed by atoms with E-state index in [1.54, 1.807) is 6.21 Å². The number of ether oxygens (including phenoxy) is 1. The third-order valence-electron chi connectivity index (χ3n) is 4.36. The molecule has 0 saturated heterocycles. The van der Waals surface area contributed by atoms with Gasteiger partial charge in [0.1, 0.15) is 11.5 Å². The van der Waals surface area contributed by atoms with Gasteiger partial charge in [-0.2, -0.15) is 5.10 Å². The van der Waals surface area contributed by atoms with Gasteiger partial charge in [0, 0.05) is 4.47 Å². The number of hydrogen-bond acceptors (Lipinski definition) is 8. The van der Waals surface area contributed by atoms with Crippen LogP contribution in [0.4, 0.5) is 11.6 Å². The maximum absolute atomic E-state index is 12.2. The Morgan fingerprint density at radius 3 is 2.65 bits per heavy atom. The van der Waals surface area contributed by atoms with Crippen LogP contribution in [0, 0.1) is 0 Å². The smallest absolute Gasteiger partial charge is 0.264 e. The van der Waals surface area contributed by atoms with Crippen molar-refractivity contribution in [2.75, 3.05) is 22.3 Å². The fourth-order valence-corrected chi connectivity index (χ4v) is 3.82. The Hall–Kier alpha value is -3.83. The fourth-order valence-electron chi connectivity index (χ4n) is 2.78. The first-order valence-corrected chi connectivity index (χ1v) is 11.9. The van der Waals surface area contributed by atoms with Crippen molar-refractivity contribution in [1.82, 2.24) is 14.9 Å². The molecule has 3 aromatic carbocycles. The van der Waals surface area contributed by atoms with Crippen LogP contribution in [-0.2, 0) is 4.79 Å². The van der Waals surface area contributed by atoms with Gasteiger partial charge in [-0.3, -0.25) is 4.79 Å². The monoisotopic (exact) mass is 537 g/mol. The highest BCUT2D eigenvalue weighted by atomic mass is 79.9. The predicted octanol–water partition coefficient (Wildman–Crippen LogP) is 4.72. The van der Waals surface area contributed by atoms with Gasteiger partial charge < -0.3 is 15.9 Å². The van der Waals surface area contributed by atoms with Crippen molar-refractivity contribution >= 4 is 51.4 Å². The molecule has 11 heteroatoms. The molecule has 1 amide bonds. The number of hydrogen-bond donors (Lipinski definition) is 3. The van der Waals surface area contributed by atoms with Crippen molar-refractivity contribution in [1.29, 1.82) is 0 Å². The van der Waals surface area contributed by atoms with Gasteiger partial charge >= 0.3 is 0 Å². The predicted molar refractivity (Wildman–Crippen MR) is 138 cm³/mol. The van der Waals surface area contributed by atoms with E-state index in [9.17, 15) is 4.79 Å². The number of hydrazone groups is 1. The van der Waals surface area contributed by atoms with E-state index in [1.807, 2.05) is 78.9 Å². The van der Waals surface area contributed by atoms with Crippen LogP contribution in [0.3, 0.4) is 0 Å². The van der Waals surface area contributed by atoms with Gasteiger partial charge in [-0.1, -0.05) is 54.2 Å². The number of benzene rings is 3. The number of nitrogen functional groups attached to an aromatic ring is 1. The van der Waals surface area contributed by atoms with Crippen LogP contribution in [-0.4, -0.2) is 32.7 Å². The summed E-state index contributed by atoms with van der Waals surface area (Å²) in [6.07, 6.45) is 1.62. The number of amides is 1. The highest BCUT2D eigenvalue weighted by Gasteiger charge is 2.12. The molecule has 34 heavy (non-hydrogen) atoms. The molecule has 4 rings (SSSR count). The third kappa shape index (κ3) is 6.36. The first-order chi connectivity index (χ1) is 16.6. The minimum Gasteiger partial charge on any atom is -0.457 e. The molecule has 4 N–H and O–H groups in total. The van der Waals surface area contributed by atoms with Gasteiger partial charge in [0.25, 0.3) is 5.95 Å². The number of anilines is 2. The topological polar surface area (TPSA) is 119 Å². The number of halogens is 1. The summed E-state index contributed by atoms with van der Waals surface area (Å²) in [4.78, 5) is 12.2. The first kappa shape index (κ1) is 23.3. The van der Waals surface area contributed by atoms with E-state index in [0.29, 0.717) is 16.6 Å². The molecule has 1 heterocycles. The van der Waals surface area contributed by atoms with Gasteiger partial charge in [-0.05, 0) is 57.9 Å². The Bertz CT molecular complexity index is 1300. The molecule has 0 unspecified atom stereocenters. The zero-order valence-corrected chi connectivity index (χ0v) is 20.2. The summed E-state index contributed by atoms with van der Waals surface area (Å²) in [5.41, 5.74) is 4.27. The van der Waals surface area contributed by atoms with E-state index >= 15 is 0 Å². The van der Waals surface area contributed by atoms with Crippen molar-refractivity contribution in [2.24, 2.45) is 5.10 Å². The Labute approximate surface area is 208 Å². The number of carbonyl (C=O) groups is 1. The molecular formula is C23H20BrN7O2S. The number of nitrogens with two attached hydrogens (primary N) is 1. The minimum absolute atomic E-state index is 0.119. The second-order valence-corrected chi connectivity index (χ2v) is 8.65. The summed E-state index contributed by atoms with van der Waals surface area (Å²) in [5, 5.41) is 15.3. The molecule has 0 fully saturated rings. The van der Waals surface area contributed by atoms with Gasteiger partial charge in [0.2, 0.25) is 11.1 Å². The zero-order valence-electron chi connectivity index (χ0n) is 17.8. The molecule has 0 aliphatic rings. The summed E-state index contributed by atoms with van der Waals surface area (Å²) in [6.45, 7) is 0. The maximum Gasteiger partial charge on any atom is 0.264 e. The molecule has 1 aromatic heterocycles. The normalized spacial score (nSPS) is 10.9. The summed E-state index contributed by atoms with van der Waals surface area (Å²) in [6, 6.07) is 24.4. The molecule has 0 aliphatic carbocycles. The molecule has 0 spiro atoms. The van der Waals surface area contributed by atoms with Crippen LogP contribution < -0.4 is 21.3 Å². The lowest BCUT2D eigenvalue weighted by atomic mass is 10.2. The number of nitrogens with one attached hydrogen (secondary N) is 2. The lowest BCUT2D eigenvalue weighted by Crippen LogP contribution is -2.17. The number of rotatable bonds is 9. The van der Waals surface area contributed by atoms with E-state index in [4.69, 9.17) is 10.6 Å². The van der Waals surface area contributed by atoms with Crippen LogP contribution in [0.25, 0.3) is 0 Å². The Morgan fingerprint density at radius 1 is 1.06 bits per heavy atom. The second-order valence-electron chi connectivity index (χ2n) is 6.85. The average molecular weight is 538 g/mol.